The summed E-state index contributed by atoms with van der Waals surface area (Å²) in [4.78, 5) is 0. The summed E-state index contributed by atoms with van der Waals surface area (Å²) in [5, 5.41) is 6.16. The van der Waals surface area contributed by atoms with Crippen LogP contribution in [0.3, 0.4) is 0 Å². The average molecular weight is 248 g/mol. The minimum absolute atomic E-state index is 0.418. The van der Waals surface area contributed by atoms with E-state index in [0.717, 1.165) is 22.6 Å². The molecule has 0 aliphatic heterocycles. The van der Waals surface area contributed by atoms with Crippen LogP contribution in [0.25, 0.3) is 0 Å². The molecule has 2 aliphatic rings. The predicted octanol–water partition coefficient (Wildman–Crippen LogP) is 3.51. The standard InChI is InChI=1S/C13H18N2O.C2H6/c1-9-7-10(2)13(16-11-5-6-11)8-12(9)14-15(3)4;1-2/h7-8,11H,1,5-6H2,2-4H3;1-2H3/b14-12-;. The maximum atomic E-state index is 5.83. The van der Waals surface area contributed by atoms with E-state index in [-0.39, 0.29) is 0 Å². The summed E-state index contributed by atoms with van der Waals surface area (Å²) >= 11 is 0. The fraction of sp³-hybridized carbons (Fsp3) is 0.533. The van der Waals surface area contributed by atoms with Crippen LogP contribution in [0.5, 0.6) is 0 Å². The topological polar surface area (TPSA) is 24.8 Å². The van der Waals surface area contributed by atoms with E-state index in [4.69, 9.17) is 4.74 Å². The summed E-state index contributed by atoms with van der Waals surface area (Å²) in [7, 11) is 3.81. The van der Waals surface area contributed by atoms with Gasteiger partial charge in [-0.05, 0) is 37.0 Å². The molecule has 0 N–H and O–H groups in total. The van der Waals surface area contributed by atoms with Crippen molar-refractivity contribution >= 4 is 5.71 Å². The molecule has 0 aromatic heterocycles. The van der Waals surface area contributed by atoms with Gasteiger partial charge in [0.2, 0.25) is 0 Å². The fourth-order valence-electron chi connectivity index (χ4n) is 1.54. The third-order valence-corrected chi connectivity index (χ3v) is 2.50. The summed E-state index contributed by atoms with van der Waals surface area (Å²) in [5.74, 6) is 0.940. The van der Waals surface area contributed by atoms with Gasteiger partial charge in [0.25, 0.3) is 0 Å². The van der Waals surface area contributed by atoms with Gasteiger partial charge in [-0.15, -0.1) is 0 Å². The quantitative estimate of drug-likeness (QED) is 0.714. The van der Waals surface area contributed by atoms with E-state index in [2.05, 4.69) is 11.7 Å². The van der Waals surface area contributed by atoms with Gasteiger partial charge in [0.1, 0.15) is 5.76 Å². The lowest BCUT2D eigenvalue weighted by Crippen LogP contribution is -2.13. The molecule has 3 nitrogen and oxygen atoms in total. The van der Waals surface area contributed by atoms with Gasteiger partial charge >= 0.3 is 0 Å². The number of hydrogen-bond acceptors (Lipinski definition) is 3. The van der Waals surface area contributed by atoms with E-state index < -0.39 is 0 Å². The van der Waals surface area contributed by atoms with Crippen LogP contribution in [0, 0.1) is 0 Å². The van der Waals surface area contributed by atoms with Crippen molar-refractivity contribution in [3.05, 3.63) is 35.6 Å². The van der Waals surface area contributed by atoms with Crippen molar-refractivity contribution in [1.29, 1.82) is 0 Å². The van der Waals surface area contributed by atoms with Crippen molar-refractivity contribution in [3.8, 4) is 0 Å². The zero-order valence-corrected chi connectivity index (χ0v) is 12.2. The number of rotatable bonds is 3. The summed E-state index contributed by atoms with van der Waals surface area (Å²) in [6, 6.07) is 0. The highest BCUT2D eigenvalue weighted by atomic mass is 16.5. The van der Waals surface area contributed by atoms with Crippen LogP contribution >= 0.6 is 0 Å². The zero-order valence-electron chi connectivity index (χ0n) is 12.2. The third kappa shape index (κ3) is 4.06. The lowest BCUT2D eigenvalue weighted by Gasteiger charge is -2.17. The maximum Gasteiger partial charge on any atom is 0.124 e. The molecule has 1 saturated carbocycles. The van der Waals surface area contributed by atoms with E-state index in [0.29, 0.717) is 6.10 Å². The Hall–Kier alpha value is -1.51. The molecule has 0 unspecified atom stereocenters. The van der Waals surface area contributed by atoms with E-state index in [1.54, 1.807) is 5.01 Å². The van der Waals surface area contributed by atoms with Gasteiger partial charge in [-0.2, -0.15) is 5.10 Å². The summed E-state index contributed by atoms with van der Waals surface area (Å²) in [6.07, 6.45) is 6.77. The molecule has 0 aromatic rings. The maximum absolute atomic E-state index is 5.83. The highest BCUT2D eigenvalue weighted by molar-refractivity contribution is 6.11. The highest BCUT2D eigenvalue weighted by Gasteiger charge is 2.26. The van der Waals surface area contributed by atoms with Crippen LogP contribution in [0.4, 0.5) is 0 Å². The molecule has 1 fully saturated rings. The molecule has 2 rings (SSSR count). The summed E-state index contributed by atoms with van der Waals surface area (Å²) in [5.41, 5.74) is 2.95. The first-order valence-corrected chi connectivity index (χ1v) is 6.58. The van der Waals surface area contributed by atoms with Crippen molar-refractivity contribution in [2.24, 2.45) is 5.10 Å². The molecular weight excluding hydrogens is 224 g/mol. The minimum atomic E-state index is 0.418. The number of ether oxygens (including phenoxy) is 1. The Balaban J connectivity index is 0.000000771. The molecule has 0 bridgehead atoms. The zero-order chi connectivity index (χ0) is 13.7. The fourth-order valence-corrected chi connectivity index (χ4v) is 1.54. The summed E-state index contributed by atoms with van der Waals surface area (Å²) < 4.78 is 5.83. The van der Waals surface area contributed by atoms with E-state index in [1.165, 1.54) is 12.8 Å². The number of hydrazone groups is 1. The minimum Gasteiger partial charge on any atom is -0.490 e. The van der Waals surface area contributed by atoms with Crippen LogP contribution in [0.2, 0.25) is 0 Å². The largest absolute Gasteiger partial charge is 0.490 e. The van der Waals surface area contributed by atoms with Crippen LogP contribution in [-0.4, -0.2) is 30.9 Å². The predicted molar refractivity (Wildman–Crippen MR) is 77.6 cm³/mol. The summed E-state index contributed by atoms with van der Waals surface area (Å²) in [6.45, 7) is 10.0. The van der Waals surface area contributed by atoms with Crippen molar-refractivity contribution < 1.29 is 4.74 Å². The first-order chi connectivity index (χ1) is 8.56. The molecule has 0 spiro atoms. The van der Waals surface area contributed by atoms with Gasteiger partial charge in [0.05, 0.1) is 11.8 Å². The lowest BCUT2D eigenvalue weighted by molar-refractivity contribution is 0.205. The first kappa shape index (κ1) is 14.6. The Bertz CT molecular complexity index is 399. The number of allylic oxidation sites excluding steroid dienone is 4. The average Bonchev–Trinajstić information content (AvgIpc) is 3.11. The van der Waals surface area contributed by atoms with Gasteiger partial charge in [-0.25, -0.2) is 0 Å². The molecule has 2 aliphatic carbocycles. The van der Waals surface area contributed by atoms with Crippen molar-refractivity contribution in [2.45, 2.75) is 39.7 Å². The number of nitrogens with zero attached hydrogens (tertiary/aromatic N) is 2. The van der Waals surface area contributed by atoms with E-state index >= 15 is 0 Å². The molecule has 0 saturated heterocycles. The van der Waals surface area contributed by atoms with Gasteiger partial charge < -0.3 is 9.75 Å². The third-order valence-electron chi connectivity index (χ3n) is 2.50. The van der Waals surface area contributed by atoms with Gasteiger partial charge in [-0.3, -0.25) is 0 Å². The Morgan fingerprint density at radius 1 is 1.28 bits per heavy atom. The van der Waals surface area contributed by atoms with Crippen molar-refractivity contribution in [2.75, 3.05) is 14.1 Å². The van der Waals surface area contributed by atoms with Crippen molar-refractivity contribution in [1.82, 2.24) is 5.01 Å². The van der Waals surface area contributed by atoms with Crippen LogP contribution in [0.1, 0.15) is 33.6 Å². The monoisotopic (exact) mass is 248 g/mol. The second-order valence-corrected chi connectivity index (χ2v) is 4.51. The molecule has 0 radical (unpaired) electrons. The highest BCUT2D eigenvalue weighted by Crippen LogP contribution is 2.30. The number of hydrogen-bond donors (Lipinski definition) is 0. The first-order valence-electron chi connectivity index (χ1n) is 6.58. The second-order valence-electron chi connectivity index (χ2n) is 4.51. The van der Waals surface area contributed by atoms with E-state index in [1.807, 2.05) is 47.0 Å². The van der Waals surface area contributed by atoms with Crippen LogP contribution < -0.4 is 0 Å². The Labute approximate surface area is 111 Å². The van der Waals surface area contributed by atoms with Gasteiger partial charge in [-0.1, -0.05) is 20.4 Å². The molecule has 0 heterocycles. The van der Waals surface area contributed by atoms with Gasteiger partial charge in [0.15, 0.2) is 0 Å². The Morgan fingerprint density at radius 2 is 1.89 bits per heavy atom. The molecule has 100 valence electrons. The molecule has 3 heteroatoms. The van der Waals surface area contributed by atoms with E-state index in [9.17, 15) is 0 Å². The second kappa shape index (κ2) is 6.43. The Morgan fingerprint density at radius 3 is 2.39 bits per heavy atom. The molecule has 0 atom stereocenters. The van der Waals surface area contributed by atoms with Gasteiger partial charge in [0, 0.05) is 20.2 Å². The SMILES string of the molecule is C=C1C=C(C)C(OC2CC2)=C/C1=N/N(C)C.CC. The van der Waals surface area contributed by atoms with Crippen molar-refractivity contribution in [3.63, 3.8) is 0 Å². The van der Waals surface area contributed by atoms with Crippen LogP contribution in [0.15, 0.2) is 40.7 Å². The Kier molecular flexibility index (Phi) is 5.20. The normalized spacial score (nSPS) is 20.7. The molecule has 0 amide bonds. The van der Waals surface area contributed by atoms with Crippen LogP contribution in [-0.2, 0) is 4.74 Å². The smallest absolute Gasteiger partial charge is 0.124 e. The molecule has 0 aromatic carbocycles. The lowest BCUT2D eigenvalue weighted by atomic mass is 10.0. The molecular formula is C15H24N2O. The molecule has 18 heavy (non-hydrogen) atoms.